The van der Waals surface area contributed by atoms with Gasteiger partial charge in [0, 0.05) is 0 Å². The number of allylic oxidation sites excluding steroid dienone is 5. The van der Waals surface area contributed by atoms with Crippen molar-refractivity contribution in [3.63, 3.8) is 0 Å². The standard InChI is InChI=1S/C10H16.2C2H6/c1-5-7-8-10(4)9(3)6-2;2*1-2/h5,7-8H,1,6H2,2-4H3;2*1-2H3/b8-7-,10-9+;;. The third kappa shape index (κ3) is 13.8. The zero-order valence-electron chi connectivity index (χ0n) is 11.1. The second-order valence-corrected chi connectivity index (χ2v) is 2.41. The van der Waals surface area contributed by atoms with Crippen molar-refractivity contribution in [3.8, 4) is 0 Å². The fraction of sp³-hybridized carbons (Fsp3) is 0.571. The summed E-state index contributed by atoms with van der Waals surface area (Å²) in [5.41, 5.74) is 2.79. The molecule has 0 saturated carbocycles. The first-order valence-corrected chi connectivity index (χ1v) is 5.67. The van der Waals surface area contributed by atoms with Gasteiger partial charge in [-0.25, -0.2) is 0 Å². The summed E-state index contributed by atoms with van der Waals surface area (Å²) in [5.74, 6) is 0. The monoisotopic (exact) mass is 196 g/mol. The molecule has 0 aromatic heterocycles. The molecule has 0 aliphatic rings. The van der Waals surface area contributed by atoms with Crippen molar-refractivity contribution in [3.05, 3.63) is 36.0 Å². The van der Waals surface area contributed by atoms with Crippen molar-refractivity contribution in [1.29, 1.82) is 0 Å². The van der Waals surface area contributed by atoms with Gasteiger partial charge in [0.1, 0.15) is 0 Å². The molecule has 0 nitrogen and oxygen atoms in total. The maximum Gasteiger partial charge on any atom is -0.0346 e. The first kappa shape index (κ1) is 18.9. The summed E-state index contributed by atoms with van der Waals surface area (Å²) in [4.78, 5) is 0. The Kier molecular flexibility index (Phi) is 24.4. The van der Waals surface area contributed by atoms with Crippen molar-refractivity contribution in [2.75, 3.05) is 0 Å². The molecule has 0 N–H and O–H groups in total. The Morgan fingerprint density at radius 2 is 1.50 bits per heavy atom. The summed E-state index contributed by atoms with van der Waals surface area (Å²) in [5, 5.41) is 0. The van der Waals surface area contributed by atoms with Gasteiger partial charge < -0.3 is 0 Å². The van der Waals surface area contributed by atoms with Crippen molar-refractivity contribution >= 4 is 0 Å². The molecule has 0 heterocycles. The van der Waals surface area contributed by atoms with Gasteiger partial charge in [-0.15, -0.1) is 0 Å². The predicted molar refractivity (Wildman–Crippen MR) is 70.7 cm³/mol. The minimum Gasteiger partial charge on any atom is -0.0991 e. The minimum absolute atomic E-state index is 1.13. The molecule has 84 valence electrons. The van der Waals surface area contributed by atoms with Gasteiger partial charge in [0.05, 0.1) is 0 Å². The highest BCUT2D eigenvalue weighted by Gasteiger charge is 1.86. The van der Waals surface area contributed by atoms with Crippen molar-refractivity contribution in [2.45, 2.75) is 54.9 Å². The topological polar surface area (TPSA) is 0 Å². The average Bonchev–Trinajstić information content (AvgIpc) is 2.30. The van der Waals surface area contributed by atoms with E-state index in [4.69, 9.17) is 0 Å². The predicted octanol–water partition coefficient (Wildman–Crippen LogP) is 5.53. The lowest BCUT2D eigenvalue weighted by atomic mass is 10.1. The Balaban J connectivity index is -0.000000266. The lowest BCUT2D eigenvalue weighted by Crippen LogP contribution is -1.76. The van der Waals surface area contributed by atoms with Gasteiger partial charge in [0.15, 0.2) is 0 Å². The molecule has 0 aromatic rings. The van der Waals surface area contributed by atoms with Crippen LogP contribution in [0.5, 0.6) is 0 Å². The Hall–Kier alpha value is -0.780. The quantitative estimate of drug-likeness (QED) is 0.521. The fourth-order valence-electron chi connectivity index (χ4n) is 0.633. The number of rotatable bonds is 3. The highest BCUT2D eigenvalue weighted by atomic mass is 13.9. The molecule has 0 fully saturated rings. The van der Waals surface area contributed by atoms with Crippen LogP contribution in [0.2, 0.25) is 0 Å². The van der Waals surface area contributed by atoms with Crippen LogP contribution in [0.15, 0.2) is 36.0 Å². The first-order chi connectivity index (χ1) is 6.72. The van der Waals surface area contributed by atoms with Gasteiger partial charge in [-0.3, -0.25) is 0 Å². The molecule has 0 radical (unpaired) electrons. The van der Waals surface area contributed by atoms with E-state index in [1.165, 1.54) is 11.1 Å². The van der Waals surface area contributed by atoms with Crippen LogP contribution < -0.4 is 0 Å². The molecular weight excluding hydrogens is 168 g/mol. The van der Waals surface area contributed by atoms with Crippen LogP contribution >= 0.6 is 0 Å². The molecule has 0 bridgehead atoms. The zero-order valence-corrected chi connectivity index (χ0v) is 11.1. The highest BCUT2D eigenvalue weighted by molar-refractivity contribution is 5.24. The molecule has 0 aliphatic carbocycles. The van der Waals surface area contributed by atoms with E-state index in [0.717, 1.165) is 6.42 Å². The normalized spacial score (nSPS) is 10.5. The van der Waals surface area contributed by atoms with E-state index in [9.17, 15) is 0 Å². The number of hydrogen-bond acceptors (Lipinski definition) is 0. The lowest BCUT2D eigenvalue weighted by molar-refractivity contribution is 1.07. The Morgan fingerprint density at radius 3 is 1.79 bits per heavy atom. The van der Waals surface area contributed by atoms with Crippen molar-refractivity contribution in [1.82, 2.24) is 0 Å². The summed E-state index contributed by atoms with van der Waals surface area (Å²) in [6, 6.07) is 0. The smallest absolute Gasteiger partial charge is 0.0346 e. The Morgan fingerprint density at radius 1 is 1.07 bits per heavy atom. The summed E-state index contributed by atoms with van der Waals surface area (Å²) in [6.45, 7) is 18.1. The van der Waals surface area contributed by atoms with Crippen LogP contribution in [0, 0.1) is 0 Å². The molecule has 0 rings (SSSR count). The molecule has 0 spiro atoms. The van der Waals surface area contributed by atoms with E-state index >= 15 is 0 Å². The Bertz CT molecular complexity index is 159. The maximum absolute atomic E-state index is 3.61. The summed E-state index contributed by atoms with van der Waals surface area (Å²) in [6.07, 6.45) is 6.99. The van der Waals surface area contributed by atoms with Gasteiger partial charge in [-0.2, -0.15) is 0 Å². The molecule has 0 unspecified atom stereocenters. The molecule has 14 heavy (non-hydrogen) atoms. The molecule has 0 atom stereocenters. The maximum atomic E-state index is 3.61. The van der Waals surface area contributed by atoms with E-state index in [1.54, 1.807) is 6.08 Å². The largest absolute Gasteiger partial charge is 0.0991 e. The van der Waals surface area contributed by atoms with E-state index in [2.05, 4.69) is 33.4 Å². The van der Waals surface area contributed by atoms with Crippen LogP contribution in [-0.4, -0.2) is 0 Å². The van der Waals surface area contributed by atoms with Gasteiger partial charge in [-0.1, -0.05) is 70.6 Å². The molecule has 0 amide bonds. The van der Waals surface area contributed by atoms with E-state index in [0.29, 0.717) is 0 Å². The highest BCUT2D eigenvalue weighted by Crippen LogP contribution is 2.07. The molecule has 0 aliphatic heterocycles. The molecule has 0 saturated heterocycles. The Labute approximate surface area is 91.4 Å². The second-order valence-electron chi connectivity index (χ2n) is 2.41. The van der Waals surface area contributed by atoms with Gasteiger partial charge in [0.25, 0.3) is 0 Å². The van der Waals surface area contributed by atoms with Gasteiger partial charge in [-0.05, 0) is 20.3 Å². The van der Waals surface area contributed by atoms with E-state index in [1.807, 2.05) is 33.8 Å². The zero-order chi connectivity index (χ0) is 12.0. The summed E-state index contributed by atoms with van der Waals surface area (Å²) in [7, 11) is 0. The van der Waals surface area contributed by atoms with E-state index in [-0.39, 0.29) is 0 Å². The van der Waals surface area contributed by atoms with Crippen LogP contribution in [0.3, 0.4) is 0 Å². The van der Waals surface area contributed by atoms with Crippen LogP contribution in [0.1, 0.15) is 54.9 Å². The SMILES string of the molecule is C=C/C=C\C(C)=C(/C)CC.CC.CC. The van der Waals surface area contributed by atoms with Gasteiger partial charge in [0.2, 0.25) is 0 Å². The molecular formula is C14H28. The average molecular weight is 196 g/mol. The number of hydrogen-bond donors (Lipinski definition) is 0. The second kappa shape index (κ2) is 18.1. The summed E-state index contributed by atoms with van der Waals surface area (Å²) >= 11 is 0. The summed E-state index contributed by atoms with van der Waals surface area (Å²) < 4.78 is 0. The third-order valence-electron chi connectivity index (χ3n) is 1.69. The van der Waals surface area contributed by atoms with Crippen LogP contribution in [-0.2, 0) is 0 Å². The van der Waals surface area contributed by atoms with Crippen LogP contribution in [0.4, 0.5) is 0 Å². The van der Waals surface area contributed by atoms with Crippen molar-refractivity contribution < 1.29 is 0 Å². The third-order valence-corrected chi connectivity index (χ3v) is 1.69. The van der Waals surface area contributed by atoms with Crippen LogP contribution in [0.25, 0.3) is 0 Å². The fourth-order valence-corrected chi connectivity index (χ4v) is 0.633. The van der Waals surface area contributed by atoms with Crippen molar-refractivity contribution in [2.24, 2.45) is 0 Å². The molecule has 0 aromatic carbocycles. The first-order valence-electron chi connectivity index (χ1n) is 5.67. The molecule has 0 heteroatoms. The van der Waals surface area contributed by atoms with Gasteiger partial charge >= 0.3 is 0 Å². The minimum atomic E-state index is 1.13. The lowest BCUT2D eigenvalue weighted by Gasteiger charge is -1.97. The van der Waals surface area contributed by atoms with E-state index < -0.39 is 0 Å².